The fourth-order valence-electron chi connectivity index (χ4n) is 2.78. The zero-order chi connectivity index (χ0) is 17.9. The molecule has 1 aliphatic carbocycles. The number of hydrogen-bond acceptors (Lipinski definition) is 6. The first-order chi connectivity index (χ1) is 12.2. The molecule has 6 nitrogen and oxygen atoms in total. The Morgan fingerprint density at radius 2 is 1.84 bits per heavy atom. The normalized spacial score (nSPS) is 16.5. The van der Waals surface area contributed by atoms with Crippen molar-refractivity contribution in [2.45, 2.75) is 51.4 Å². The van der Waals surface area contributed by atoms with Crippen LogP contribution in [0.5, 0.6) is 5.75 Å². The van der Waals surface area contributed by atoms with Gasteiger partial charge in [0.1, 0.15) is 12.4 Å². The summed E-state index contributed by atoms with van der Waals surface area (Å²) in [6.45, 7) is 3.25. The Bertz CT molecular complexity index is 495. The molecule has 2 rings (SSSR count). The summed E-state index contributed by atoms with van der Waals surface area (Å²) in [5, 5.41) is 9.24. The summed E-state index contributed by atoms with van der Waals surface area (Å²) in [7, 11) is 0. The van der Waals surface area contributed by atoms with Gasteiger partial charge in [-0.1, -0.05) is 19.3 Å². The molecule has 140 valence electrons. The Morgan fingerprint density at radius 1 is 1.12 bits per heavy atom. The van der Waals surface area contributed by atoms with Crippen LogP contribution < -0.4 is 0 Å². The Morgan fingerprint density at radius 3 is 2.52 bits per heavy atom. The van der Waals surface area contributed by atoms with Crippen LogP contribution in [0.2, 0.25) is 0 Å². The summed E-state index contributed by atoms with van der Waals surface area (Å²) in [6.07, 6.45) is 5.75. The largest absolute Gasteiger partial charge is 0.508 e. The number of esters is 1. The third-order valence-corrected chi connectivity index (χ3v) is 4.10. The molecule has 0 saturated heterocycles. The van der Waals surface area contributed by atoms with Crippen LogP contribution in [-0.2, 0) is 18.9 Å². The molecule has 0 amide bonds. The van der Waals surface area contributed by atoms with Crippen LogP contribution in [0.25, 0.3) is 0 Å². The minimum atomic E-state index is -0.610. The van der Waals surface area contributed by atoms with Gasteiger partial charge in [0.05, 0.1) is 24.9 Å². The molecule has 0 heterocycles. The van der Waals surface area contributed by atoms with Crippen molar-refractivity contribution in [2.75, 3.05) is 26.4 Å². The van der Waals surface area contributed by atoms with Crippen molar-refractivity contribution in [3.63, 3.8) is 0 Å². The number of hydrogen-bond donors (Lipinski definition) is 1. The van der Waals surface area contributed by atoms with Gasteiger partial charge in [-0.25, -0.2) is 4.79 Å². The second kappa shape index (κ2) is 11.1. The topological polar surface area (TPSA) is 74.2 Å². The van der Waals surface area contributed by atoms with Crippen molar-refractivity contribution < 1.29 is 28.8 Å². The first-order valence-corrected chi connectivity index (χ1v) is 9.00. The predicted octanol–water partition coefficient (Wildman–Crippen LogP) is 3.28. The van der Waals surface area contributed by atoms with Crippen LogP contribution in [0, 0.1) is 0 Å². The fourth-order valence-corrected chi connectivity index (χ4v) is 2.78. The van der Waals surface area contributed by atoms with E-state index in [0.717, 1.165) is 12.8 Å². The van der Waals surface area contributed by atoms with Gasteiger partial charge in [0.15, 0.2) is 6.29 Å². The summed E-state index contributed by atoms with van der Waals surface area (Å²) < 4.78 is 22.1. The quantitative estimate of drug-likeness (QED) is 0.396. The van der Waals surface area contributed by atoms with E-state index in [2.05, 4.69) is 0 Å². The lowest BCUT2D eigenvalue weighted by Gasteiger charge is -2.23. The average molecular weight is 352 g/mol. The van der Waals surface area contributed by atoms with E-state index < -0.39 is 12.3 Å². The minimum absolute atomic E-state index is 0.0109. The van der Waals surface area contributed by atoms with E-state index in [1.54, 1.807) is 0 Å². The van der Waals surface area contributed by atoms with E-state index in [1.807, 2.05) is 6.92 Å². The molecule has 1 saturated carbocycles. The molecule has 1 atom stereocenters. The smallest absolute Gasteiger partial charge is 0.338 e. The van der Waals surface area contributed by atoms with Crippen molar-refractivity contribution in [1.82, 2.24) is 0 Å². The van der Waals surface area contributed by atoms with Crippen LogP contribution in [0.4, 0.5) is 0 Å². The minimum Gasteiger partial charge on any atom is -0.508 e. The van der Waals surface area contributed by atoms with E-state index in [1.165, 1.54) is 43.5 Å². The van der Waals surface area contributed by atoms with Crippen molar-refractivity contribution in [2.24, 2.45) is 0 Å². The molecule has 0 bridgehead atoms. The first-order valence-electron chi connectivity index (χ1n) is 9.00. The lowest BCUT2D eigenvalue weighted by atomic mass is 9.98. The molecular weight excluding hydrogens is 324 g/mol. The maximum absolute atomic E-state index is 12.0. The van der Waals surface area contributed by atoms with Crippen LogP contribution in [-0.4, -0.2) is 49.9 Å². The summed E-state index contributed by atoms with van der Waals surface area (Å²) in [6, 6.07) is 5.89. The van der Waals surface area contributed by atoms with E-state index in [9.17, 15) is 9.90 Å². The highest BCUT2D eigenvalue weighted by atomic mass is 16.7. The second-order valence-electron chi connectivity index (χ2n) is 6.03. The average Bonchev–Trinajstić information content (AvgIpc) is 2.64. The molecular formula is C19H28O6. The predicted molar refractivity (Wildman–Crippen MR) is 92.6 cm³/mol. The second-order valence-corrected chi connectivity index (χ2v) is 6.03. The highest BCUT2D eigenvalue weighted by Gasteiger charge is 2.16. The van der Waals surface area contributed by atoms with Crippen LogP contribution in [0.1, 0.15) is 49.4 Å². The number of phenols is 1. The van der Waals surface area contributed by atoms with Crippen molar-refractivity contribution >= 4 is 5.97 Å². The number of aromatic hydroxyl groups is 1. The van der Waals surface area contributed by atoms with Crippen LogP contribution in [0.3, 0.4) is 0 Å². The van der Waals surface area contributed by atoms with Gasteiger partial charge in [-0.05, 0) is 44.0 Å². The van der Waals surface area contributed by atoms with E-state index in [4.69, 9.17) is 18.9 Å². The number of benzene rings is 1. The summed E-state index contributed by atoms with van der Waals surface area (Å²) in [5.41, 5.74) is 0.369. The molecule has 1 fully saturated rings. The third kappa shape index (κ3) is 7.42. The number of carbonyl (C=O) groups excluding carboxylic acids is 1. The summed E-state index contributed by atoms with van der Waals surface area (Å²) in [4.78, 5) is 12.0. The molecule has 0 radical (unpaired) electrons. The van der Waals surface area contributed by atoms with Gasteiger partial charge in [0, 0.05) is 6.61 Å². The number of ether oxygens (including phenoxy) is 4. The number of rotatable bonds is 10. The lowest BCUT2D eigenvalue weighted by molar-refractivity contribution is -0.170. The van der Waals surface area contributed by atoms with Crippen molar-refractivity contribution in [3.05, 3.63) is 29.8 Å². The molecule has 25 heavy (non-hydrogen) atoms. The maximum Gasteiger partial charge on any atom is 0.338 e. The molecule has 6 heteroatoms. The van der Waals surface area contributed by atoms with E-state index in [0.29, 0.717) is 31.5 Å². The first kappa shape index (κ1) is 19.7. The highest BCUT2D eigenvalue weighted by Crippen LogP contribution is 2.20. The van der Waals surface area contributed by atoms with Gasteiger partial charge in [-0.3, -0.25) is 0 Å². The molecule has 0 spiro atoms. The number of phenolic OH excluding ortho intramolecular Hbond substituents is 1. The Hall–Kier alpha value is -1.63. The van der Waals surface area contributed by atoms with Gasteiger partial charge in [-0.15, -0.1) is 0 Å². The summed E-state index contributed by atoms with van der Waals surface area (Å²) in [5.74, 6) is -0.378. The molecule has 0 aliphatic heterocycles. The third-order valence-electron chi connectivity index (χ3n) is 4.10. The molecule has 0 aromatic heterocycles. The fraction of sp³-hybridized carbons (Fsp3) is 0.632. The molecule has 1 aromatic rings. The Kier molecular flexibility index (Phi) is 8.72. The van der Waals surface area contributed by atoms with Gasteiger partial charge in [0.2, 0.25) is 0 Å². The maximum atomic E-state index is 12.0. The van der Waals surface area contributed by atoms with Gasteiger partial charge in [-0.2, -0.15) is 0 Å². The monoisotopic (exact) mass is 352 g/mol. The van der Waals surface area contributed by atoms with E-state index in [-0.39, 0.29) is 12.4 Å². The highest BCUT2D eigenvalue weighted by molar-refractivity contribution is 5.89. The standard InChI is InChI=1S/C19H28O6/c1-2-22-18(24-13-12-23-17-6-4-3-5-7-17)14-25-19(21)15-8-10-16(20)11-9-15/h8-11,17-18,20H,2-7,12-14H2,1H3. The summed E-state index contributed by atoms with van der Waals surface area (Å²) >= 11 is 0. The van der Waals surface area contributed by atoms with Crippen molar-refractivity contribution in [1.29, 1.82) is 0 Å². The van der Waals surface area contributed by atoms with E-state index >= 15 is 0 Å². The van der Waals surface area contributed by atoms with Gasteiger partial charge < -0.3 is 24.1 Å². The Balaban J connectivity index is 1.66. The Labute approximate surface area is 149 Å². The van der Waals surface area contributed by atoms with Crippen LogP contribution in [0.15, 0.2) is 24.3 Å². The molecule has 1 N–H and O–H groups in total. The van der Waals surface area contributed by atoms with Gasteiger partial charge in [0.25, 0.3) is 0 Å². The number of carbonyl (C=O) groups is 1. The van der Waals surface area contributed by atoms with Crippen molar-refractivity contribution in [3.8, 4) is 5.75 Å². The zero-order valence-electron chi connectivity index (χ0n) is 14.8. The molecule has 1 aliphatic rings. The molecule has 1 unspecified atom stereocenters. The van der Waals surface area contributed by atoms with Crippen LogP contribution >= 0.6 is 0 Å². The SMILES string of the molecule is CCOC(COC(=O)c1ccc(O)cc1)OCCOC1CCCCC1. The van der Waals surface area contributed by atoms with Gasteiger partial charge >= 0.3 is 5.97 Å². The lowest BCUT2D eigenvalue weighted by Crippen LogP contribution is -2.28. The zero-order valence-corrected chi connectivity index (χ0v) is 14.8. The molecule has 1 aromatic carbocycles.